The van der Waals surface area contributed by atoms with Gasteiger partial charge in [0.05, 0.1) is 0 Å². The molecule has 6 heteroatoms. The van der Waals surface area contributed by atoms with Gasteiger partial charge in [-0.15, -0.1) is 6.58 Å². The number of amides is 2. The summed E-state index contributed by atoms with van der Waals surface area (Å²) in [5.74, 6) is -1.27. The fraction of sp³-hybridized carbons (Fsp3) is 0.176. The van der Waals surface area contributed by atoms with Crippen molar-refractivity contribution < 1.29 is 19.1 Å². The van der Waals surface area contributed by atoms with Crippen molar-refractivity contribution in [3.05, 3.63) is 48.2 Å². The highest BCUT2D eigenvalue weighted by molar-refractivity contribution is 6.04. The van der Waals surface area contributed by atoms with E-state index < -0.39 is 17.8 Å². The van der Waals surface area contributed by atoms with Gasteiger partial charge in [-0.3, -0.25) is 19.7 Å². The van der Waals surface area contributed by atoms with Gasteiger partial charge in [0.2, 0.25) is 5.91 Å². The van der Waals surface area contributed by atoms with Crippen LogP contribution in [0.15, 0.2) is 36.9 Å². The molecule has 2 amide bonds. The minimum atomic E-state index is -0.609. The average molecular weight is 312 g/mol. The van der Waals surface area contributed by atoms with E-state index in [1.54, 1.807) is 12.1 Å². The van der Waals surface area contributed by atoms with Gasteiger partial charge in [-0.25, -0.2) is 4.98 Å². The summed E-state index contributed by atoms with van der Waals surface area (Å²) in [6.07, 6.45) is 2.17. The van der Waals surface area contributed by atoms with E-state index in [4.69, 9.17) is 4.74 Å². The molecule has 0 aliphatic carbocycles. The molecule has 0 aliphatic heterocycles. The first-order chi connectivity index (χ1) is 10.9. The van der Waals surface area contributed by atoms with E-state index in [1.807, 2.05) is 12.1 Å². The molecule has 0 fully saturated rings. The van der Waals surface area contributed by atoms with Crippen molar-refractivity contribution in [1.82, 2.24) is 10.3 Å². The third-order valence-electron chi connectivity index (χ3n) is 3.03. The van der Waals surface area contributed by atoms with E-state index >= 15 is 0 Å². The summed E-state index contributed by atoms with van der Waals surface area (Å²) in [5, 5.41) is 2.88. The summed E-state index contributed by atoms with van der Waals surface area (Å²) in [6.45, 7) is 6.21. The first-order valence-corrected chi connectivity index (χ1v) is 6.96. The zero-order valence-corrected chi connectivity index (χ0v) is 12.9. The second-order valence-corrected chi connectivity index (χ2v) is 4.92. The number of imide groups is 1. The number of benzene rings is 1. The maximum absolute atomic E-state index is 11.9. The molecule has 0 saturated heterocycles. The lowest BCUT2D eigenvalue weighted by Crippen LogP contribution is -2.28. The molecular formula is C17H16N2O4. The number of nitrogens with one attached hydrogen (secondary N) is 1. The molecule has 2 rings (SSSR count). The molecule has 0 atom stereocenters. The summed E-state index contributed by atoms with van der Waals surface area (Å²) in [6, 6.07) is 6.83. The van der Waals surface area contributed by atoms with Crippen molar-refractivity contribution in [2.24, 2.45) is 0 Å². The van der Waals surface area contributed by atoms with Crippen LogP contribution in [-0.4, -0.2) is 22.8 Å². The minimum Gasteiger partial charge on any atom is -0.424 e. The number of aromatic nitrogens is 1. The molecule has 6 nitrogen and oxygen atoms in total. The number of carbonyl (C=O) groups excluding carboxylic acids is 3. The number of ether oxygens (including phenoxy) is 1. The van der Waals surface area contributed by atoms with Crippen molar-refractivity contribution in [3.63, 3.8) is 0 Å². The number of esters is 1. The van der Waals surface area contributed by atoms with Gasteiger partial charge < -0.3 is 4.74 Å². The van der Waals surface area contributed by atoms with E-state index in [2.05, 4.69) is 16.9 Å². The molecule has 0 unspecified atom stereocenters. The molecule has 2 aromatic rings. The van der Waals surface area contributed by atoms with Gasteiger partial charge in [-0.2, -0.15) is 0 Å². The van der Waals surface area contributed by atoms with Crippen LogP contribution in [0.2, 0.25) is 0 Å². The first-order valence-electron chi connectivity index (χ1n) is 6.96. The number of hydrogen-bond donors (Lipinski definition) is 1. The van der Waals surface area contributed by atoms with Crippen LogP contribution in [0.1, 0.15) is 29.9 Å². The van der Waals surface area contributed by atoms with Crippen molar-refractivity contribution in [1.29, 1.82) is 0 Å². The van der Waals surface area contributed by atoms with E-state index in [-0.39, 0.29) is 5.69 Å². The Bertz CT molecular complexity index is 812. The molecule has 0 aliphatic rings. The Hall–Kier alpha value is -3.02. The second-order valence-electron chi connectivity index (χ2n) is 4.92. The fourth-order valence-electron chi connectivity index (χ4n) is 2.13. The Morgan fingerprint density at radius 3 is 2.52 bits per heavy atom. The van der Waals surface area contributed by atoms with Crippen molar-refractivity contribution in [3.8, 4) is 5.75 Å². The maximum Gasteiger partial charge on any atom is 0.308 e. The van der Waals surface area contributed by atoms with Crippen molar-refractivity contribution >= 4 is 28.7 Å². The molecule has 1 aromatic carbocycles. The lowest BCUT2D eigenvalue weighted by atomic mass is 10.1. The van der Waals surface area contributed by atoms with Gasteiger partial charge in [0, 0.05) is 24.8 Å². The summed E-state index contributed by atoms with van der Waals surface area (Å²) in [4.78, 5) is 38.6. The molecule has 1 aromatic heterocycles. The second kappa shape index (κ2) is 6.83. The Kier molecular flexibility index (Phi) is 4.85. The van der Waals surface area contributed by atoms with Crippen LogP contribution in [0.5, 0.6) is 5.75 Å². The summed E-state index contributed by atoms with van der Waals surface area (Å²) < 4.78 is 5.28. The van der Waals surface area contributed by atoms with Crippen LogP contribution in [-0.2, 0) is 16.0 Å². The molecular weight excluding hydrogens is 296 g/mol. The number of nitrogens with zero attached hydrogens (tertiary/aromatic N) is 1. The molecule has 0 radical (unpaired) electrons. The monoisotopic (exact) mass is 312 g/mol. The third kappa shape index (κ3) is 3.79. The third-order valence-corrected chi connectivity index (χ3v) is 3.03. The SMILES string of the molecule is C=CCc1ccc2ccc(C(=O)NC(C)=O)nc2c1OC(C)=O. The van der Waals surface area contributed by atoms with Crippen LogP contribution in [0.3, 0.4) is 0 Å². The summed E-state index contributed by atoms with van der Waals surface area (Å²) >= 11 is 0. The van der Waals surface area contributed by atoms with Crippen LogP contribution >= 0.6 is 0 Å². The normalized spacial score (nSPS) is 10.2. The van der Waals surface area contributed by atoms with E-state index in [1.165, 1.54) is 19.9 Å². The number of hydrogen-bond acceptors (Lipinski definition) is 5. The molecule has 0 bridgehead atoms. The largest absolute Gasteiger partial charge is 0.424 e. The number of allylic oxidation sites excluding steroid dienone is 1. The summed E-state index contributed by atoms with van der Waals surface area (Å²) in [7, 11) is 0. The molecule has 1 N–H and O–H groups in total. The molecule has 0 spiro atoms. The van der Waals surface area contributed by atoms with Gasteiger partial charge in [0.1, 0.15) is 11.2 Å². The highest BCUT2D eigenvalue weighted by atomic mass is 16.5. The number of pyridine rings is 1. The number of fused-ring (bicyclic) bond motifs is 1. The lowest BCUT2D eigenvalue weighted by molar-refractivity contribution is -0.131. The molecule has 1 heterocycles. The summed E-state index contributed by atoms with van der Waals surface area (Å²) in [5.41, 5.74) is 1.19. The fourth-order valence-corrected chi connectivity index (χ4v) is 2.13. The minimum absolute atomic E-state index is 0.0665. The Morgan fingerprint density at radius 2 is 1.91 bits per heavy atom. The standard InChI is InChI=1S/C17H16N2O4/c1-4-5-13-7-6-12-8-9-14(17(22)18-10(2)20)19-15(12)16(13)23-11(3)21/h4,6-9H,1,5H2,2-3H3,(H,18,20,22). The Labute approximate surface area is 133 Å². The van der Waals surface area contributed by atoms with Gasteiger partial charge in [-0.05, 0) is 12.5 Å². The predicted octanol–water partition coefficient (Wildman–Crippen LogP) is 2.16. The van der Waals surface area contributed by atoms with Gasteiger partial charge in [-0.1, -0.05) is 24.3 Å². The predicted molar refractivity (Wildman–Crippen MR) is 85.1 cm³/mol. The topological polar surface area (TPSA) is 85.4 Å². The van der Waals surface area contributed by atoms with Crippen LogP contribution in [0.4, 0.5) is 0 Å². The van der Waals surface area contributed by atoms with Crippen molar-refractivity contribution in [2.45, 2.75) is 20.3 Å². The quantitative estimate of drug-likeness (QED) is 0.531. The van der Waals surface area contributed by atoms with Crippen LogP contribution < -0.4 is 10.1 Å². The molecule has 118 valence electrons. The lowest BCUT2D eigenvalue weighted by Gasteiger charge is -2.11. The molecule has 23 heavy (non-hydrogen) atoms. The van der Waals surface area contributed by atoms with Gasteiger partial charge >= 0.3 is 5.97 Å². The molecule has 0 saturated carbocycles. The smallest absolute Gasteiger partial charge is 0.308 e. The number of carbonyl (C=O) groups is 3. The zero-order valence-electron chi connectivity index (χ0n) is 12.9. The Morgan fingerprint density at radius 1 is 1.22 bits per heavy atom. The average Bonchev–Trinajstić information content (AvgIpc) is 2.48. The van der Waals surface area contributed by atoms with Crippen LogP contribution in [0.25, 0.3) is 10.9 Å². The van der Waals surface area contributed by atoms with E-state index in [0.29, 0.717) is 23.1 Å². The number of rotatable bonds is 4. The van der Waals surface area contributed by atoms with Crippen molar-refractivity contribution in [2.75, 3.05) is 0 Å². The highest BCUT2D eigenvalue weighted by Crippen LogP contribution is 2.29. The maximum atomic E-state index is 11.9. The highest BCUT2D eigenvalue weighted by Gasteiger charge is 2.15. The first kappa shape index (κ1) is 16.4. The van der Waals surface area contributed by atoms with Crippen LogP contribution in [0, 0.1) is 0 Å². The van der Waals surface area contributed by atoms with Gasteiger partial charge in [0.15, 0.2) is 5.75 Å². The zero-order chi connectivity index (χ0) is 17.0. The van der Waals surface area contributed by atoms with E-state index in [9.17, 15) is 14.4 Å². The van der Waals surface area contributed by atoms with Gasteiger partial charge in [0.25, 0.3) is 5.91 Å². The van der Waals surface area contributed by atoms with E-state index in [0.717, 1.165) is 5.56 Å². The Balaban J connectivity index is 2.61.